The Hall–Kier alpha value is -2.15. The van der Waals surface area contributed by atoms with Gasteiger partial charge in [-0.25, -0.2) is 13.2 Å². The summed E-state index contributed by atoms with van der Waals surface area (Å²) in [5.41, 5.74) is 1.46. The topological polar surface area (TPSA) is 100 Å². The van der Waals surface area contributed by atoms with Gasteiger partial charge in [-0.3, -0.25) is 5.10 Å². The van der Waals surface area contributed by atoms with Gasteiger partial charge >= 0.3 is 5.97 Å². The van der Waals surface area contributed by atoms with Gasteiger partial charge in [-0.05, 0) is 25.1 Å². The van der Waals surface area contributed by atoms with Crippen molar-refractivity contribution >= 4 is 15.8 Å². The molecule has 2 rings (SSSR count). The molecule has 0 bridgehead atoms. The quantitative estimate of drug-likeness (QED) is 0.887. The second-order valence-corrected chi connectivity index (χ2v) is 6.23. The Balaban J connectivity index is 2.66. The van der Waals surface area contributed by atoms with Crippen LogP contribution in [0.4, 0.5) is 0 Å². The molecule has 2 N–H and O–H groups in total. The number of carboxylic acids is 1. The first-order valence-electron chi connectivity index (χ1n) is 5.39. The average molecular weight is 280 g/mol. The standard InChI is InChI=1S/C12H12N2O4S/c1-7-3-4-11(19(2,17)18)8(5-7)9-6-10(12(15)16)14-13-9/h3-6H,1-2H3,(H,13,14)(H,15,16). The van der Waals surface area contributed by atoms with E-state index in [-0.39, 0.29) is 10.6 Å². The zero-order valence-electron chi connectivity index (χ0n) is 10.3. The Morgan fingerprint density at radius 1 is 1.32 bits per heavy atom. The molecule has 0 amide bonds. The van der Waals surface area contributed by atoms with Gasteiger partial charge in [0.1, 0.15) is 5.69 Å². The predicted molar refractivity (Wildman–Crippen MR) is 68.8 cm³/mol. The van der Waals surface area contributed by atoms with Gasteiger partial charge in [0.25, 0.3) is 0 Å². The van der Waals surface area contributed by atoms with Gasteiger partial charge in [0.05, 0.1) is 10.6 Å². The molecule has 0 spiro atoms. The molecule has 7 heteroatoms. The lowest BCUT2D eigenvalue weighted by molar-refractivity contribution is 0.0690. The third-order valence-electron chi connectivity index (χ3n) is 2.62. The summed E-state index contributed by atoms with van der Waals surface area (Å²) in [6.45, 7) is 1.82. The van der Waals surface area contributed by atoms with Gasteiger partial charge in [0, 0.05) is 11.8 Å². The van der Waals surface area contributed by atoms with Crippen LogP contribution in [0, 0.1) is 6.92 Å². The Morgan fingerprint density at radius 2 is 2.00 bits per heavy atom. The number of rotatable bonds is 3. The van der Waals surface area contributed by atoms with Gasteiger partial charge < -0.3 is 5.11 Å². The predicted octanol–water partition coefficient (Wildman–Crippen LogP) is 1.49. The summed E-state index contributed by atoms with van der Waals surface area (Å²) in [6.07, 6.45) is 1.10. The maximum atomic E-state index is 11.7. The van der Waals surface area contributed by atoms with E-state index in [9.17, 15) is 13.2 Å². The smallest absolute Gasteiger partial charge is 0.353 e. The number of carbonyl (C=O) groups is 1. The summed E-state index contributed by atoms with van der Waals surface area (Å²) in [6, 6.07) is 6.16. The Kier molecular flexibility index (Phi) is 3.15. The highest BCUT2D eigenvalue weighted by molar-refractivity contribution is 7.90. The number of nitrogens with one attached hydrogen (secondary N) is 1. The minimum absolute atomic E-state index is 0.0871. The molecule has 0 saturated carbocycles. The highest BCUT2D eigenvalue weighted by Gasteiger charge is 2.18. The molecule has 0 atom stereocenters. The third kappa shape index (κ3) is 2.65. The molecule has 0 aliphatic rings. The van der Waals surface area contributed by atoms with Crippen LogP contribution in [0.15, 0.2) is 29.2 Å². The van der Waals surface area contributed by atoms with Crippen molar-refractivity contribution in [3.8, 4) is 11.3 Å². The van der Waals surface area contributed by atoms with Crippen molar-refractivity contribution in [2.24, 2.45) is 0 Å². The second kappa shape index (κ2) is 4.51. The van der Waals surface area contributed by atoms with E-state index in [2.05, 4.69) is 10.2 Å². The van der Waals surface area contributed by atoms with Gasteiger partial charge in [-0.2, -0.15) is 5.10 Å². The largest absolute Gasteiger partial charge is 0.477 e. The summed E-state index contributed by atoms with van der Waals surface area (Å²) in [5.74, 6) is -1.15. The van der Waals surface area contributed by atoms with Crippen LogP contribution >= 0.6 is 0 Å². The lowest BCUT2D eigenvalue weighted by Gasteiger charge is -2.06. The minimum Gasteiger partial charge on any atom is -0.477 e. The first-order chi connectivity index (χ1) is 8.79. The first-order valence-corrected chi connectivity index (χ1v) is 7.28. The number of aromatic carboxylic acids is 1. The highest BCUT2D eigenvalue weighted by atomic mass is 32.2. The number of benzene rings is 1. The fraction of sp³-hybridized carbons (Fsp3) is 0.167. The van der Waals surface area contributed by atoms with Gasteiger partial charge in [0.15, 0.2) is 9.84 Å². The maximum absolute atomic E-state index is 11.7. The Bertz CT molecular complexity index is 747. The summed E-state index contributed by atoms with van der Waals surface area (Å²) < 4.78 is 23.4. The van der Waals surface area contributed by atoms with E-state index in [1.54, 1.807) is 12.1 Å². The third-order valence-corrected chi connectivity index (χ3v) is 3.77. The number of sulfone groups is 1. The van der Waals surface area contributed by atoms with Crippen LogP contribution in [0.1, 0.15) is 16.1 Å². The van der Waals surface area contributed by atoms with Gasteiger partial charge in [-0.1, -0.05) is 11.6 Å². The highest BCUT2D eigenvalue weighted by Crippen LogP contribution is 2.27. The van der Waals surface area contributed by atoms with Crippen LogP contribution in [0.2, 0.25) is 0 Å². The zero-order valence-corrected chi connectivity index (χ0v) is 11.2. The molecule has 6 nitrogen and oxygen atoms in total. The van der Waals surface area contributed by atoms with Crippen LogP contribution in [0.3, 0.4) is 0 Å². The van der Waals surface area contributed by atoms with Gasteiger partial charge in [-0.15, -0.1) is 0 Å². The van der Waals surface area contributed by atoms with E-state index < -0.39 is 15.8 Å². The molecule has 1 aromatic carbocycles. The fourth-order valence-electron chi connectivity index (χ4n) is 1.74. The molecular formula is C12H12N2O4S. The molecule has 1 heterocycles. The van der Waals surface area contributed by atoms with Crippen molar-refractivity contribution in [2.45, 2.75) is 11.8 Å². The van der Waals surface area contributed by atoms with Crippen molar-refractivity contribution in [3.05, 3.63) is 35.5 Å². The number of aromatic nitrogens is 2. The van der Waals surface area contributed by atoms with E-state index >= 15 is 0 Å². The molecule has 0 saturated heterocycles. The van der Waals surface area contributed by atoms with E-state index in [0.717, 1.165) is 11.8 Å². The monoisotopic (exact) mass is 280 g/mol. The molecular weight excluding hydrogens is 268 g/mol. The van der Waals surface area contributed by atoms with Crippen LogP contribution in [0.25, 0.3) is 11.3 Å². The SMILES string of the molecule is Cc1ccc(S(C)(=O)=O)c(-c2cc(C(=O)O)[nH]n2)c1. The number of H-pyrrole nitrogens is 1. The number of nitrogens with zero attached hydrogens (tertiary/aromatic N) is 1. The van der Waals surface area contributed by atoms with Crippen molar-refractivity contribution < 1.29 is 18.3 Å². The molecule has 100 valence electrons. The van der Waals surface area contributed by atoms with E-state index in [4.69, 9.17) is 5.11 Å². The van der Waals surface area contributed by atoms with Crippen molar-refractivity contribution in [1.29, 1.82) is 0 Å². The molecule has 0 fully saturated rings. The molecule has 0 aliphatic carbocycles. The van der Waals surface area contributed by atoms with E-state index in [1.165, 1.54) is 12.1 Å². The number of carboxylic acid groups (broad SMARTS) is 1. The summed E-state index contributed by atoms with van der Waals surface area (Å²) >= 11 is 0. The lowest BCUT2D eigenvalue weighted by atomic mass is 10.1. The molecule has 19 heavy (non-hydrogen) atoms. The number of hydrogen-bond acceptors (Lipinski definition) is 4. The zero-order chi connectivity index (χ0) is 14.2. The molecule has 0 aliphatic heterocycles. The number of hydrogen-bond donors (Lipinski definition) is 2. The van der Waals surface area contributed by atoms with Crippen molar-refractivity contribution in [2.75, 3.05) is 6.26 Å². The van der Waals surface area contributed by atoms with Crippen LogP contribution in [-0.2, 0) is 9.84 Å². The normalized spacial score (nSPS) is 11.5. The van der Waals surface area contributed by atoms with Crippen LogP contribution in [-0.4, -0.2) is 35.9 Å². The first kappa shape index (κ1) is 13.3. The molecule has 1 aromatic heterocycles. The van der Waals surface area contributed by atoms with Gasteiger partial charge in [0.2, 0.25) is 0 Å². The average Bonchev–Trinajstić information content (AvgIpc) is 2.76. The lowest BCUT2D eigenvalue weighted by Crippen LogP contribution is -2.00. The summed E-state index contributed by atoms with van der Waals surface area (Å²) in [7, 11) is -3.41. The Labute approximate surface area is 110 Å². The van der Waals surface area contributed by atoms with E-state index in [0.29, 0.717) is 11.3 Å². The summed E-state index contributed by atoms with van der Waals surface area (Å²) in [4.78, 5) is 10.9. The van der Waals surface area contributed by atoms with Crippen molar-refractivity contribution in [3.63, 3.8) is 0 Å². The maximum Gasteiger partial charge on any atom is 0.353 e. The number of aromatic amines is 1. The Morgan fingerprint density at radius 3 is 2.53 bits per heavy atom. The molecule has 2 aromatic rings. The molecule has 0 unspecified atom stereocenters. The van der Waals surface area contributed by atoms with Crippen molar-refractivity contribution in [1.82, 2.24) is 10.2 Å². The minimum atomic E-state index is -3.41. The van der Waals surface area contributed by atoms with Crippen LogP contribution < -0.4 is 0 Å². The summed E-state index contributed by atoms with van der Waals surface area (Å²) in [5, 5.41) is 15.0. The molecule has 0 radical (unpaired) electrons. The number of aryl methyl sites for hydroxylation is 1. The fourth-order valence-corrected chi connectivity index (χ4v) is 2.61. The van der Waals surface area contributed by atoms with Crippen LogP contribution in [0.5, 0.6) is 0 Å². The second-order valence-electron chi connectivity index (χ2n) is 4.24. The van der Waals surface area contributed by atoms with E-state index in [1.807, 2.05) is 6.92 Å².